The van der Waals surface area contributed by atoms with Crippen LogP contribution >= 0.6 is 0 Å². The maximum atomic E-state index is 4.62. The summed E-state index contributed by atoms with van der Waals surface area (Å²) < 4.78 is 0. The molecule has 80 valence electrons. The van der Waals surface area contributed by atoms with Crippen LogP contribution in [0.1, 0.15) is 54.7 Å². The molecule has 15 heavy (non-hydrogen) atoms. The van der Waals surface area contributed by atoms with E-state index in [1.165, 1.54) is 37.1 Å². The molecule has 3 nitrogen and oxygen atoms in total. The molecular formula is C12H17N3. The maximum absolute atomic E-state index is 4.62. The van der Waals surface area contributed by atoms with Gasteiger partial charge in [0.25, 0.3) is 0 Å². The zero-order valence-corrected chi connectivity index (χ0v) is 9.16. The fourth-order valence-corrected chi connectivity index (χ4v) is 1.95. The quantitative estimate of drug-likeness (QED) is 0.812. The van der Waals surface area contributed by atoms with Crippen molar-refractivity contribution < 1.29 is 0 Å². The fraction of sp³-hybridized carbons (Fsp3) is 0.667. The minimum atomic E-state index is 0.737. The van der Waals surface area contributed by atoms with Gasteiger partial charge in [0.15, 0.2) is 0 Å². The Kier molecular flexibility index (Phi) is 2.20. The van der Waals surface area contributed by atoms with Gasteiger partial charge < -0.3 is 5.32 Å². The molecule has 2 saturated carbocycles. The summed E-state index contributed by atoms with van der Waals surface area (Å²) in [7, 11) is 1.95. The lowest BCUT2D eigenvalue weighted by atomic mass is 10.2. The smallest absolute Gasteiger partial charge is 0.142 e. The van der Waals surface area contributed by atoms with Crippen LogP contribution in [0.2, 0.25) is 0 Å². The monoisotopic (exact) mass is 203 g/mol. The second-order valence-corrected chi connectivity index (χ2v) is 4.71. The van der Waals surface area contributed by atoms with Crippen LogP contribution < -0.4 is 5.32 Å². The molecule has 0 atom stereocenters. The van der Waals surface area contributed by atoms with Crippen molar-refractivity contribution in [3.63, 3.8) is 0 Å². The molecule has 0 bridgehead atoms. The number of nitrogens with one attached hydrogen (secondary N) is 1. The van der Waals surface area contributed by atoms with Crippen LogP contribution in [0.25, 0.3) is 0 Å². The van der Waals surface area contributed by atoms with Crippen LogP contribution in [-0.2, 0) is 6.54 Å². The summed E-state index contributed by atoms with van der Waals surface area (Å²) in [6.45, 7) is 0.792. The standard InChI is InChI=1S/C12H17N3/c1-13-7-12-14-10(8-2-3-8)6-11(15-12)9-4-5-9/h6,8-9,13H,2-5,7H2,1H3. The molecule has 2 aliphatic rings. The van der Waals surface area contributed by atoms with Gasteiger partial charge in [0.2, 0.25) is 0 Å². The zero-order chi connectivity index (χ0) is 10.3. The SMILES string of the molecule is CNCc1nc(C2CC2)cc(C2CC2)n1. The molecule has 0 radical (unpaired) electrons. The zero-order valence-electron chi connectivity index (χ0n) is 9.16. The first kappa shape index (κ1) is 9.28. The van der Waals surface area contributed by atoms with Crippen LogP contribution in [0.15, 0.2) is 6.07 Å². The van der Waals surface area contributed by atoms with Crippen molar-refractivity contribution >= 4 is 0 Å². The third kappa shape index (κ3) is 2.02. The molecule has 3 heteroatoms. The van der Waals surface area contributed by atoms with E-state index in [4.69, 9.17) is 0 Å². The van der Waals surface area contributed by atoms with Crippen LogP contribution in [0.4, 0.5) is 0 Å². The highest BCUT2D eigenvalue weighted by atomic mass is 15.0. The lowest BCUT2D eigenvalue weighted by Crippen LogP contribution is -2.11. The third-order valence-corrected chi connectivity index (χ3v) is 3.14. The van der Waals surface area contributed by atoms with Gasteiger partial charge in [-0.3, -0.25) is 0 Å². The summed E-state index contributed by atoms with van der Waals surface area (Å²) in [5.41, 5.74) is 2.58. The van der Waals surface area contributed by atoms with Gasteiger partial charge >= 0.3 is 0 Å². The number of rotatable bonds is 4. The van der Waals surface area contributed by atoms with E-state index in [0.29, 0.717) is 0 Å². The van der Waals surface area contributed by atoms with Crippen molar-refractivity contribution in [2.24, 2.45) is 0 Å². The highest BCUT2D eigenvalue weighted by molar-refractivity contribution is 5.23. The van der Waals surface area contributed by atoms with Crippen LogP contribution in [0, 0.1) is 0 Å². The molecule has 0 aromatic carbocycles. The molecule has 1 aromatic heterocycles. The van der Waals surface area contributed by atoms with Crippen LogP contribution in [-0.4, -0.2) is 17.0 Å². The Labute approximate surface area is 90.3 Å². The van der Waals surface area contributed by atoms with E-state index in [1.807, 2.05) is 7.05 Å². The predicted octanol–water partition coefficient (Wildman–Crippen LogP) is 1.95. The van der Waals surface area contributed by atoms with E-state index in [9.17, 15) is 0 Å². The summed E-state index contributed by atoms with van der Waals surface area (Å²) in [5, 5.41) is 3.13. The lowest BCUT2D eigenvalue weighted by Gasteiger charge is -2.06. The van der Waals surface area contributed by atoms with E-state index >= 15 is 0 Å². The molecule has 1 heterocycles. The average Bonchev–Trinajstić information content (AvgIpc) is 3.10. The predicted molar refractivity (Wildman–Crippen MR) is 58.7 cm³/mol. The van der Waals surface area contributed by atoms with Gasteiger partial charge in [-0.15, -0.1) is 0 Å². The van der Waals surface area contributed by atoms with Gasteiger partial charge in [-0.25, -0.2) is 9.97 Å². The summed E-state index contributed by atoms with van der Waals surface area (Å²) in [6.07, 6.45) is 5.28. The van der Waals surface area contributed by atoms with E-state index in [0.717, 1.165) is 24.2 Å². The van der Waals surface area contributed by atoms with Gasteiger partial charge in [-0.05, 0) is 38.8 Å². The lowest BCUT2D eigenvalue weighted by molar-refractivity contribution is 0.733. The van der Waals surface area contributed by atoms with Gasteiger partial charge in [0.1, 0.15) is 5.82 Å². The molecule has 0 amide bonds. The Morgan fingerprint density at radius 2 is 1.67 bits per heavy atom. The van der Waals surface area contributed by atoms with Gasteiger partial charge in [0, 0.05) is 23.2 Å². The number of nitrogens with zero attached hydrogens (tertiary/aromatic N) is 2. The molecule has 0 saturated heterocycles. The second-order valence-electron chi connectivity index (χ2n) is 4.71. The Morgan fingerprint density at radius 1 is 1.13 bits per heavy atom. The highest BCUT2D eigenvalue weighted by Gasteiger charge is 2.30. The third-order valence-electron chi connectivity index (χ3n) is 3.14. The fourth-order valence-electron chi connectivity index (χ4n) is 1.95. The first-order valence-electron chi connectivity index (χ1n) is 5.89. The highest BCUT2D eigenvalue weighted by Crippen LogP contribution is 2.43. The average molecular weight is 203 g/mol. The Balaban J connectivity index is 1.92. The summed E-state index contributed by atoms with van der Waals surface area (Å²) in [5.74, 6) is 2.45. The van der Waals surface area contributed by atoms with E-state index in [-0.39, 0.29) is 0 Å². The molecule has 2 aliphatic carbocycles. The molecule has 3 rings (SSSR count). The molecule has 2 fully saturated rings. The minimum Gasteiger partial charge on any atom is -0.313 e. The molecule has 1 N–H and O–H groups in total. The minimum absolute atomic E-state index is 0.737. The van der Waals surface area contributed by atoms with Crippen LogP contribution in [0.5, 0.6) is 0 Å². The van der Waals surface area contributed by atoms with Gasteiger partial charge in [0.05, 0.1) is 6.54 Å². The van der Waals surface area contributed by atoms with E-state index in [1.54, 1.807) is 0 Å². The summed E-state index contributed by atoms with van der Waals surface area (Å²) in [4.78, 5) is 9.24. The summed E-state index contributed by atoms with van der Waals surface area (Å²) >= 11 is 0. The van der Waals surface area contributed by atoms with Gasteiger partial charge in [-0.1, -0.05) is 0 Å². The van der Waals surface area contributed by atoms with Crippen molar-refractivity contribution in [1.29, 1.82) is 0 Å². The Morgan fingerprint density at radius 3 is 2.07 bits per heavy atom. The van der Waals surface area contributed by atoms with E-state index < -0.39 is 0 Å². The van der Waals surface area contributed by atoms with Crippen LogP contribution in [0.3, 0.4) is 0 Å². The van der Waals surface area contributed by atoms with Crippen molar-refractivity contribution in [3.05, 3.63) is 23.3 Å². The number of hydrogen-bond acceptors (Lipinski definition) is 3. The van der Waals surface area contributed by atoms with Crippen molar-refractivity contribution in [3.8, 4) is 0 Å². The first-order valence-corrected chi connectivity index (χ1v) is 5.89. The van der Waals surface area contributed by atoms with Gasteiger partial charge in [-0.2, -0.15) is 0 Å². The number of hydrogen-bond donors (Lipinski definition) is 1. The first-order chi connectivity index (χ1) is 7.36. The molecule has 0 spiro atoms. The Hall–Kier alpha value is -0.960. The largest absolute Gasteiger partial charge is 0.313 e. The van der Waals surface area contributed by atoms with Crippen molar-refractivity contribution in [2.45, 2.75) is 44.1 Å². The Bertz CT molecular complexity index is 337. The molecule has 1 aromatic rings. The normalized spacial score (nSPS) is 20.6. The maximum Gasteiger partial charge on any atom is 0.142 e. The molecule has 0 unspecified atom stereocenters. The second kappa shape index (κ2) is 3.56. The molecule has 0 aliphatic heterocycles. The number of aromatic nitrogens is 2. The van der Waals surface area contributed by atoms with Crippen molar-refractivity contribution in [2.75, 3.05) is 7.05 Å². The topological polar surface area (TPSA) is 37.8 Å². The van der Waals surface area contributed by atoms with Crippen molar-refractivity contribution in [1.82, 2.24) is 15.3 Å². The summed E-state index contributed by atoms with van der Waals surface area (Å²) in [6, 6.07) is 2.24. The van der Waals surface area contributed by atoms with E-state index in [2.05, 4.69) is 21.4 Å². The molecular weight excluding hydrogens is 186 g/mol.